The summed E-state index contributed by atoms with van der Waals surface area (Å²) >= 11 is 1.71. The molecule has 14 heteroatoms. The molecule has 5 heterocycles. The van der Waals surface area contributed by atoms with Gasteiger partial charge in [-0.1, -0.05) is 72.8 Å². The fourth-order valence-corrected chi connectivity index (χ4v) is 7.25. The molecule has 52 heavy (non-hydrogen) atoms. The number of rotatable bonds is 5. The van der Waals surface area contributed by atoms with Crippen molar-refractivity contribution < 1.29 is 0 Å². The molecule has 0 radical (unpaired) electrons. The number of aromatic nitrogens is 8. The second-order valence-corrected chi connectivity index (χ2v) is 13.1. The van der Waals surface area contributed by atoms with Crippen LogP contribution in [0.15, 0.2) is 108 Å². The van der Waals surface area contributed by atoms with Gasteiger partial charge in [-0.15, -0.1) is 11.8 Å². The molecule has 0 unspecified atom stereocenters. The van der Waals surface area contributed by atoms with Crippen molar-refractivity contribution >= 4 is 79.8 Å². The van der Waals surface area contributed by atoms with E-state index >= 15 is 0 Å². The highest BCUT2D eigenvalue weighted by Crippen LogP contribution is 2.37. The molecule has 1 aliphatic rings. The molecule has 13 nitrogen and oxygen atoms in total. The molecule has 0 amide bonds. The van der Waals surface area contributed by atoms with E-state index in [2.05, 4.69) is 124 Å². The molecule has 9 rings (SSSR count). The van der Waals surface area contributed by atoms with Gasteiger partial charge in [-0.2, -0.15) is 19.9 Å². The van der Waals surface area contributed by atoms with E-state index in [0.29, 0.717) is 34.6 Å². The summed E-state index contributed by atoms with van der Waals surface area (Å²) in [6, 6.07) is 31.6. The average molecular weight is 704 g/mol. The first-order valence-corrected chi connectivity index (χ1v) is 17.5. The topological polar surface area (TPSA) is 210 Å². The van der Waals surface area contributed by atoms with E-state index < -0.39 is 0 Å². The van der Waals surface area contributed by atoms with Crippen LogP contribution in [0.5, 0.6) is 0 Å². The maximum absolute atomic E-state index is 5.99. The standard InChI is InChI=1S/C21H19N7.C17H14N6S/c22-19-18-20(27-21(23)26-19)24-11-15(25-18)12-28-16-7-3-1-5-13(16)9-10-14-6-2-4-8-17(14)28;18-15-14-16(23-17(19)22-15)20-8-11(21-14)9-24-13-7-3-5-10-4-1-2-6-12(10)13/h1-8,11H,9-10,12H2,(H4,22,23,24,26,27);1-8H,9H2,(H4,18,19,20,22,23). The zero-order chi connectivity index (χ0) is 35.6. The monoisotopic (exact) mass is 703 g/mol. The maximum atomic E-state index is 5.99. The normalized spacial score (nSPS) is 12.2. The molecule has 0 aliphatic carbocycles. The van der Waals surface area contributed by atoms with Crippen molar-refractivity contribution in [1.29, 1.82) is 0 Å². The van der Waals surface area contributed by atoms with Crippen LogP contribution in [0, 0.1) is 0 Å². The predicted molar refractivity (Wildman–Crippen MR) is 208 cm³/mol. The van der Waals surface area contributed by atoms with Crippen molar-refractivity contribution in [3.63, 3.8) is 0 Å². The van der Waals surface area contributed by atoms with Crippen LogP contribution in [0.3, 0.4) is 0 Å². The van der Waals surface area contributed by atoms with Crippen molar-refractivity contribution in [3.05, 3.63) is 126 Å². The molecular formula is C38H33N13S. The van der Waals surface area contributed by atoms with Gasteiger partial charge in [0.2, 0.25) is 11.9 Å². The Hall–Kier alpha value is -6.67. The van der Waals surface area contributed by atoms with Crippen LogP contribution < -0.4 is 27.8 Å². The number of hydrogen-bond donors (Lipinski definition) is 4. The molecule has 0 atom stereocenters. The number of nitrogens with two attached hydrogens (primary N) is 4. The van der Waals surface area contributed by atoms with E-state index in [9.17, 15) is 0 Å². The van der Waals surface area contributed by atoms with Crippen LogP contribution in [0.1, 0.15) is 22.5 Å². The number of nitrogen functional groups attached to an aromatic ring is 4. The SMILES string of the molecule is Nc1nc(N)c2nc(CN3c4ccccc4CCc4ccccc43)cnc2n1.Nc1nc(N)c2nc(CSc3cccc4ccccc34)cnc2n1. The van der Waals surface area contributed by atoms with Crippen LogP contribution in [0.4, 0.5) is 34.9 Å². The van der Waals surface area contributed by atoms with Crippen molar-refractivity contribution in [1.82, 2.24) is 39.9 Å². The average Bonchev–Trinajstić information content (AvgIpc) is 3.31. The Bertz CT molecular complexity index is 2540. The third kappa shape index (κ3) is 6.62. The quantitative estimate of drug-likeness (QED) is 0.150. The summed E-state index contributed by atoms with van der Waals surface area (Å²) in [6.45, 7) is 0.570. The van der Waals surface area contributed by atoms with Crippen molar-refractivity contribution in [2.24, 2.45) is 0 Å². The van der Waals surface area contributed by atoms with E-state index in [4.69, 9.17) is 22.9 Å². The van der Waals surface area contributed by atoms with Gasteiger partial charge in [-0.3, -0.25) is 0 Å². The Morgan fingerprint density at radius 3 is 1.75 bits per heavy atom. The number of nitrogens with zero attached hydrogens (tertiary/aromatic N) is 9. The molecule has 256 valence electrons. The molecule has 8 N–H and O–H groups in total. The second kappa shape index (κ2) is 13.9. The largest absolute Gasteiger partial charge is 0.382 e. The minimum absolute atomic E-state index is 0.0995. The molecular weight excluding hydrogens is 671 g/mol. The first-order valence-electron chi connectivity index (χ1n) is 16.5. The molecule has 8 aromatic rings. The lowest BCUT2D eigenvalue weighted by Gasteiger charge is -2.26. The number of thioether (sulfide) groups is 1. The van der Waals surface area contributed by atoms with Crippen molar-refractivity contribution in [2.45, 2.75) is 30.0 Å². The Kier molecular flexibility index (Phi) is 8.71. The molecule has 4 aromatic heterocycles. The number of hydrogen-bond acceptors (Lipinski definition) is 14. The smallest absolute Gasteiger partial charge is 0.224 e. The predicted octanol–water partition coefficient (Wildman–Crippen LogP) is 6.05. The highest BCUT2D eigenvalue weighted by Gasteiger charge is 2.21. The Morgan fingerprint density at radius 1 is 0.558 bits per heavy atom. The van der Waals surface area contributed by atoms with Gasteiger partial charge in [0.15, 0.2) is 34.0 Å². The van der Waals surface area contributed by atoms with E-state index in [-0.39, 0.29) is 23.5 Å². The number of aryl methyl sites for hydroxylation is 2. The van der Waals surface area contributed by atoms with Crippen LogP contribution >= 0.6 is 11.8 Å². The fourth-order valence-electron chi connectivity index (χ4n) is 6.29. The Labute approximate surface area is 302 Å². The second-order valence-electron chi connectivity index (χ2n) is 12.1. The van der Waals surface area contributed by atoms with Gasteiger partial charge in [-0.05, 0) is 52.9 Å². The zero-order valence-corrected chi connectivity index (χ0v) is 28.7. The van der Waals surface area contributed by atoms with Crippen LogP contribution in [-0.4, -0.2) is 39.9 Å². The van der Waals surface area contributed by atoms with Crippen LogP contribution in [-0.2, 0) is 25.1 Å². The van der Waals surface area contributed by atoms with E-state index in [1.165, 1.54) is 38.2 Å². The molecule has 1 aliphatic heterocycles. The molecule has 0 saturated heterocycles. The molecule has 4 aromatic carbocycles. The molecule has 0 saturated carbocycles. The van der Waals surface area contributed by atoms with Crippen LogP contribution in [0.25, 0.3) is 33.1 Å². The summed E-state index contributed by atoms with van der Waals surface area (Å²) in [7, 11) is 0. The number of benzene rings is 4. The van der Waals surface area contributed by atoms with Crippen molar-refractivity contribution in [2.75, 3.05) is 27.8 Å². The minimum atomic E-state index is 0.0995. The van der Waals surface area contributed by atoms with Gasteiger partial charge in [0, 0.05) is 22.0 Å². The van der Waals surface area contributed by atoms with E-state index in [0.717, 1.165) is 24.2 Å². The molecule has 0 spiro atoms. The van der Waals surface area contributed by atoms with Gasteiger partial charge in [-0.25, -0.2) is 19.9 Å². The van der Waals surface area contributed by atoms with E-state index in [1.807, 2.05) is 12.1 Å². The van der Waals surface area contributed by atoms with Crippen LogP contribution in [0.2, 0.25) is 0 Å². The number of para-hydroxylation sites is 2. The number of fused-ring (bicyclic) bond motifs is 5. The van der Waals surface area contributed by atoms with E-state index in [1.54, 1.807) is 24.2 Å². The Balaban J connectivity index is 0.000000151. The van der Waals surface area contributed by atoms with Gasteiger partial charge in [0.1, 0.15) is 0 Å². The van der Waals surface area contributed by atoms with Gasteiger partial charge in [0.05, 0.1) is 30.3 Å². The highest BCUT2D eigenvalue weighted by molar-refractivity contribution is 7.98. The maximum Gasteiger partial charge on any atom is 0.224 e. The highest BCUT2D eigenvalue weighted by atomic mass is 32.2. The zero-order valence-electron chi connectivity index (χ0n) is 27.9. The third-order valence-corrected chi connectivity index (χ3v) is 9.78. The van der Waals surface area contributed by atoms with Crippen molar-refractivity contribution in [3.8, 4) is 0 Å². The summed E-state index contributed by atoms with van der Waals surface area (Å²) < 4.78 is 0. The Morgan fingerprint density at radius 2 is 1.10 bits per heavy atom. The third-order valence-electron chi connectivity index (χ3n) is 8.68. The summed E-state index contributed by atoms with van der Waals surface area (Å²) in [6.07, 6.45) is 5.44. The summed E-state index contributed by atoms with van der Waals surface area (Å²) in [5, 5.41) is 2.45. The summed E-state index contributed by atoms with van der Waals surface area (Å²) in [4.78, 5) is 37.5. The first kappa shape index (κ1) is 32.5. The molecule has 0 fully saturated rings. The minimum Gasteiger partial charge on any atom is -0.382 e. The fraction of sp³-hybridized carbons (Fsp3) is 0.105. The van der Waals surface area contributed by atoms with Gasteiger partial charge in [0.25, 0.3) is 0 Å². The first-order chi connectivity index (χ1) is 25.4. The lowest BCUT2D eigenvalue weighted by molar-refractivity contribution is 0.918. The van der Waals surface area contributed by atoms with Gasteiger partial charge < -0.3 is 27.8 Å². The lowest BCUT2D eigenvalue weighted by Crippen LogP contribution is -2.19. The number of anilines is 6. The lowest BCUT2D eigenvalue weighted by atomic mass is 10.0. The molecule has 0 bridgehead atoms. The van der Waals surface area contributed by atoms with Gasteiger partial charge >= 0.3 is 0 Å². The summed E-state index contributed by atoms with van der Waals surface area (Å²) in [5.41, 5.74) is 31.5. The summed E-state index contributed by atoms with van der Waals surface area (Å²) in [5.74, 6) is 1.38.